The van der Waals surface area contributed by atoms with Gasteiger partial charge >= 0.3 is 0 Å². The number of sulfone groups is 1. The van der Waals surface area contributed by atoms with Crippen LogP contribution in [-0.2, 0) is 20.4 Å². The number of rotatable bonds is 5. The molecule has 8 nitrogen and oxygen atoms in total. The third-order valence-corrected chi connectivity index (χ3v) is 9.44. The Labute approximate surface area is 221 Å². The summed E-state index contributed by atoms with van der Waals surface area (Å²) in [6.07, 6.45) is 1.78. The zero-order chi connectivity index (χ0) is 24.6. The molecule has 0 radical (unpaired) electrons. The third kappa shape index (κ3) is 5.10. The molecular weight excluding hydrogens is 618 g/mol. The van der Waals surface area contributed by atoms with Gasteiger partial charge in [-0.1, -0.05) is 74.0 Å². The maximum absolute atomic E-state index is 13.1. The Bertz CT molecular complexity index is 1550. The van der Waals surface area contributed by atoms with E-state index in [2.05, 4.69) is 57.8 Å². The Balaban J connectivity index is 1.38. The summed E-state index contributed by atoms with van der Waals surface area (Å²) in [5.41, 5.74) is 2.74. The van der Waals surface area contributed by atoms with Gasteiger partial charge < -0.3 is 5.32 Å². The predicted octanol–water partition coefficient (Wildman–Crippen LogP) is 5.45. The standard InChI is InChI=1S/C23H15Br2N5O3S2/c24-17-2-1-3-18(25)16(17)12-35(32,33)15-8-9-20-19(11-15)26-23(31)21(34-20)10-13-4-6-14(7-5-13)22-27-29-30-28-22/h1-11H,12H2,(H,26,31)(H,27,28,29,30)/b21-10+. The van der Waals surface area contributed by atoms with Gasteiger partial charge in [0.05, 0.1) is 21.2 Å². The van der Waals surface area contributed by atoms with Crippen LogP contribution < -0.4 is 5.32 Å². The molecule has 5 rings (SSSR count). The van der Waals surface area contributed by atoms with Crippen molar-refractivity contribution in [3.8, 4) is 11.4 Å². The second-order valence-electron chi connectivity index (χ2n) is 7.54. The van der Waals surface area contributed by atoms with Gasteiger partial charge in [0.1, 0.15) is 0 Å². The summed E-state index contributed by atoms with van der Waals surface area (Å²) in [5.74, 6) is 0.00775. The molecule has 0 fully saturated rings. The Morgan fingerprint density at radius 2 is 1.74 bits per heavy atom. The molecule has 0 unspecified atom stereocenters. The molecule has 0 saturated carbocycles. The average Bonchev–Trinajstić information content (AvgIpc) is 3.37. The van der Waals surface area contributed by atoms with Crippen molar-refractivity contribution in [3.63, 3.8) is 0 Å². The molecule has 0 bridgehead atoms. The summed E-state index contributed by atoms with van der Waals surface area (Å²) in [6, 6.07) is 17.6. The summed E-state index contributed by atoms with van der Waals surface area (Å²) >= 11 is 8.12. The number of nitrogens with zero attached hydrogens (tertiary/aromatic N) is 3. The van der Waals surface area contributed by atoms with Crippen molar-refractivity contribution < 1.29 is 13.2 Å². The molecule has 0 aliphatic carbocycles. The summed E-state index contributed by atoms with van der Waals surface area (Å²) in [7, 11) is -3.65. The molecule has 0 atom stereocenters. The van der Waals surface area contributed by atoms with Gasteiger partial charge in [-0.15, -0.1) is 10.2 Å². The van der Waals surface area contributed by atoms with E-state index in [1.54, 1.807) is 30.3 Å². The number of nitrogens with one attached hydrogen (secondary N) is 2. The number of carbonyl (C=O) groups is 1. The SMILES string of the molecule is O=C1Nc2cc(S(=O)(=O)Cc3c(Br)cccc3Br)ccc2S/C1=C/c1ccc(-c2nn[nH]n2)cc1. The van der Waals surface area contributed by atoms with Gasteiger partial charge in [-0.3, -0.25) is 4.79 Å². The smallest absolute Gasteiger partial charge is 0.262 e. The van der Waals surface area contributed by atoms with Crippen LogP contribution in [0, 0.1) is 0 Å². The van der Waals surface area contributed by atoms with Crippen LogP contribution >= 0.6 is 43.6 Å². The molecule has 1 aromatic heterocycles. The molecule has 2 heterocycles. The van der Waals surface area contributed by atoms with Crippen LogP contribution in [0.1, 0.15) is 11.1 Å². The number of hydrogen-bond acceptors (Lipinski definition) is 7. The van der Waals surface area contributed by atoms with E-state index in [0.29, 0.717) is 30.9 Å². The van der Waals surface area contributed by atoms with Crippen molar-refractivity contribution in [3.05, 3.63) is 85.6 Å². The van der Waals surface area contributed by atoms with Crippen molar-refractivity contribution in [2.24, 2.45) is 0 Å². The first-order valence-corrected chi connectivity index (χ1v) is 14.2. The van der Waals surface area contributed by atoms with Crippen molar-refractivity contribution >= 4 is 71.1 Å². The van der Waals surface area contributed by atoms with Crippen LogP contribution in [0.5, 0.6) is 0 Å². The van der Waals surface area contributed by atoms with Crippen LogP contribution in [0.2, 0.25) is 0 Å². The minimum Gasteiger partial charge on any atom is -0.320 e. The fraction of sp³-hybridized carbons (Fsp3) is 0.0435. The second kappa shape index (κ2) is 9.69. The van der Waals surface area contributed by atoms with Crippen LogP contribution in [0.3, 0.4) is 0 Å². The lowest BCUT2D eigenvalue weighted by atomic mass is 10.1. The molecule has 4 aromatic rings. The third-order valence-electron chi connectivity index (χ3n) is 5.21. The highest BCUT2D eigenvalue weighted by atomic mass is 79.9. The van der Waals surface area contributed by atoms with E-state index in [4.69, 9.17) is 0 Å². The van der Waals surface area contributed by atoms with E-state index >= 15 is 0 Å². The number of fused-ring (bicyclic) bond motifs is 1. The molecule has 0 spiro atoms. The summed E-state index contributed by atoms with van der Waals surface area (Å²) in [5, 5.41) is 16.7. The number of H-pyrrole nitrogens is 1. The number of amides is 1. The molecule has 0 saturated heterocycles. The number of aromatic amines is 1. The van der Waals surface area contributed by atoms with Crippen molar-refractivity contribution in [1.29, 1.82) is 0 Å². The van der Waals surface area contributed by atoms with Gasteiger partial charge in [0.25, 0.3) is 5.91 Å². The highest BCUT2D eigenvalue weighted by Gasteiger charge is 2.25. The molecule has 176 valence electrons. The Morgan fingerprint density at radius 3 is 2.43 bits per heavy atom. The number of anilines is 1. The minimum absolute atomic E-state index is 0.143. The molecule has 2 N–H and O–H groups in total. The Morgan fingerprint density at radius 1 is 1.00 bits per heavy atom. The summed E-state index contributed by atoms with van der Waals surface area (Å²) in [4.78, 5) is 14.2. The fourth-order valence-corrected chi connectivity index (χ4v) is 7.45. The molecule has 35 heavy (non-hydrogen) atoms. The predicted molar refractivity (Wildman–Crippen MR) is 141 cm³/mol. The van der Waals surface area contributed by atoms with Gasteiger partial charge in [0.15, 0.2) is 9.84 Å². The van der Waals surface area contributed by atoms with Gasteiger partial charge in [-0.2, -0.15) is 5.21 Å². The zero-order valence-corrected chi connectivity index (χ0v) is 22.5. The Hall–Kier alpha value is -2.80. The van der Waals surface area contributed by atoms with E-state index in [9.17, 15) is 13.2 Å². The normalized spacial score (nSPS) is 14.6. The summed E-state index contributed by atoms with van der Waals surface area (Å²) in [6.45, 7) is 0. The first kappa shape index (κ1) is 23.9. The van der Waals surface area contributed by atoms with Crippen molar-refractivity contribution in [1.82, 2.24) is 20.6 Å². The van der Waals surface area contributed by atoms with Crippen molar-refractivity contribution in [2.45, 2.75) is 15.5 Å². The zero-order valence-electron chi connectivity index (χ0n) is 17.7. The average molecular weight is 633 g/mol. The quantitative estimate of drug-likeness (QED) is 0.281. The second-order valence-corrected chi connectivity index (χ2v) is 12.3. The lowest BCUT2D eigenvalue weighted by Crippen LogP contribution is -2.18. The molecule has 1 amide bonds. The maximum Gasteiger partial charge on any atom is 0.262 e. The van der Waals surface area contributed by atoms with Crippen LogP contribution in [0.25, 0.3) is 17.5 Å². The number of carbonyl (C=O) groups excluding carboxylic acids is 1. The lowest BCUT2D eigenvalue weighted by Gasteiger charge is -2.19. The first-order valence-electron chi connectivity index (χ1n) is 10.1. The molecule has 1 aliphatic heterocycles. The van der Waals surface area contributed by atoms with E-state index in [0.717, 1.165) is 16.0 Å². The monoisotopic (exact) mass is 631 g/mol. The largest absolute Gasteiger partial charge is 0.320 e. The van der Waals surface area contributed by atoms with Crippen LogP contribution in [-0.4, -0.2) is 34.9 Å². The molecule has 1 aliphatic rings. The maximum atomic E-state index is 13.1. The van der Waals surface area contributed by atoms with E-state index in [1.807, 2.05) is 30.3 Å². The highest BCUT2D eigenvalue weighted by molar-refractivity contribution is 9.11. The van der Waals surface area contributed by atoms with Gasteiger partial charge in [-0.25, -0.2) is 8.42 Å². The van der Waals surface area contributed by atoms with E-state index in [1.165, 1.54) is 17.8 Å². The summed E-state index contributed by atoms with van der Waals surface area (Å²) < 4.78 is 27.6. The Kier molecular flexibility index (Phi) is 6.62. The van der Waals surface area contributed by atoms with E-state index in [-0.39, 0.29) is 16.6 Å². The van der Waals surface area contributed by atoms with E-state index < -0.39 is 9.84 Å². The van der Waals surface area contributed by atoms with Gasteiger partial charge in [0, 0.05) is 19.4 Å². The number of tetrazole rings is 1. The number of halogens is 2. The van der Waals surface area contributed by atoms with Crippen molar-refractivity contribution in [2.75, 3.05) is 5.32 Å². The number of aromatic nitrogens is 4. The fourth-order valence-electron chi connectivity index (χ4n) is 3.44. The number of hydrogen-bond donors (Lipinski definition) is 2. The number of thioether (sulfide) groups is 1. The van der Waals surface area contributed by atoms with Crippen LogP contribution in [0.15, 0.2) is 84.3 Å². The van der Waals surface area contributed by atoms with Gasteiger partial charge in [-0.05, 0) is 52.7 Å². The minimum atomic E-state index is -3.65. The van der Waals surface area contributed by atoms with Crippen LogP contribution in [0.4, 0.5) is 5.69 Å². The van der Waals surface area contributed by atoms with Gasteiger partial charge in [0.2, 0.25) is 5.82 Å². The molecule has 12 heteroatoms. The number of benzene rings is 3. The highest BCUT2D eigenvalue weighted by Crippen LogP contribution is 2.40. The lowest BCUT2D eigenvalue weighted by molar-refractivity contribution is -0.112. The first-order chi connectivity index (χ1) is 16.8. The molecule has 3 aromatic carbocycles. The molecular formula is C23H15Br2N5O3S2. The topological polar surface area (TPSA) is 118 Å².